The molecular weight excluding hydrogens is 420 g/mol. The van der Waals surface area contributed by atoms with Crippen LogP contribution in [0.4, 0.5) is 5.69 Å². The third-order valence-corrected chi connectivity index (χ3v) is 6.47. The smallest absolute Gasteiger partial charge is 0.307 e. The molecule has 1 unspecified atom stereocenters. The van der Waals surface area contributed by atoms with Gasteiger partial charge < -0.3 is 9.64 Å². The van der Waals surface area contributed by atoms with Crippen LogP contribution in [0.25, 0.3) is 0 Å². The summed E-state index contributed by atoms with van der Waals surface area (Å²) in [5.41, 5.74) is 2.09. The Morgan fingerprint density at radius 3 is 2.52 bits per heavy atom. The number of benzene rings is 2. The van der Waals surface area contributed by atoms with Gasteiger partial charge in [0, 0.05) is 31.3 Å². The molecule has 1 amide bonds. The van der Waals surface area contributed by atoms with E-state index in [0.29, 0.717) is 18.5 Å². The van der Waals surface area contributed by atoms with Crippen molar-refractivity contribution in [2.45, 2.75) is 37.7 Å². The number of anilines is 1. The maximum atomic E-state index is 12.6. The van der Waals surface area contributed by atoms with Crippen molar-refractivity contribution in [2.75, 3.05) is 18.0 Å². The number of rotatable bonds is 8. The van der Waals surface area contributed by atoms with Gasteiger partial charge in [-0.3, -0.25) is 14.4 Å². The van der Waals surface area contributed by atoms with E-state index in [4.69, 9.17) is 4.74 Å². The highest BCUT2D eigenvalue weighted by Gasteiger charge is 2.25. The maximum Gasteiger partial charge on any atom is 0.307 e. The van der Waals surface area contributed by atoms with E-state index in [-0.39, 0.29) is 29.6 Å². The normalized spacial score (nSPS) is 14.1. The van der Waals surface area contributed by atoms with Crippen molar-refractivity contribution >= 4 is 33.4 Å². The van der Waals surface area contributed by atoms with E-state index >= 15 is 0 Å². The number of hydrogen-bond acceptors (Lipinski definition) is 6. The third-order valence-electron chi connectivity index (χ3n) is 4.99. The SMILES string of the molecule is CC(=O)N1CCc2cc(C(=O)C(C)OC(=O)CCNS(=O)(=O)c3ccccc3)ccc21. The molecule has 0 aliphatic carbocycles. The van der Waals surface area contributed by atoms with Crippen molar-refractivity contribution in [1.29, 1.82) is 0 Å². The molecule has 164 valence electrons. The largest absolute Gasteiger partial charge is 0.454 e. The number of nitrogens with one attached hydrogen (secondary N) is 1. The Labute approximate surface area is 181 Å². The average Bonchev–Trinajstić information content (AvgIpc) is 3.17. The molecule has 0 saturated carbocycles. The van der Waals surface area contributed by atoms with Crippen LogP contribution in [0.2, 0.25) is 0 Å². The van der Waals surface area contributed by atoms with Gasteiger partial charge in [0.25, 0.3) is 0 Å². The van der Waals surface area contributed by atoms with E-state index in [9.17, 15) is 22.8 Å². The second-order valence-corrected chi connectivity index (χ2v) is 8.99. The van der Waals surface area contributed by atoms with E-state index < -0.39 is 22.1 Å². The van der Waals surface area contributed by atoms with Gasteiger partial charge in [0.1, 0.15) is 0 Å². The fraction of sp³-hybridized carbons (Fsp3) is 0.318. The maximum absolute atomic E-state index is 12.6. The number of sulfonamides is 1. The molecule has 1 aliphatic rings. The lowest BCUT2D eigenvalue weighted by Crippen LogP contribution is -2.29. The minimum absolute atomic E-state index is 0.0528. The first-order valence-corrected chi connectivity index (χ1v) is 11.4. The van der Waals surface area contributed by atoms with Gasteiger partial charge in [-0.2, -0.15) is 0 Å². The number of carbonyl (C=O) groups excluding carboxylic acids is 3. The Bertz CT molecular complexity index is 1100. The van der Waals surface area contributed by atoms with Gasteiger partial charge in [-0.25, -0.2) is 13.1 Å². The second kappa shape index (κ2) is 9.40. The van der Waals surface area contributed by atoms with Crippen molar-refractivity contribution < 1.29 is 27.5 Å². The first-order chi connectivity index (χ1) is 14.7. The Balaban J connectivity index is 1.53. The van der Waals surface area contributed by atoms with Gasteiger partial charge in [-0.15, -0.1) is 0 Å². The summed E-state index contributed by atoms with van der Waals surface area (Å²) in [6.45, 7) is 3.40. The molecule has 3 rings (SSSR count). The summed E-state index contributed by atoms with van der Waals surface area (Å²) in [5, 5.41) is 0. The van der Waals surface area contributed by atoms with Crippen LogP contribution in [0.5, 0.6) is 0 Å². The van der Waals surface area contributed by atoms with Gasteiger partial charge in [-0.05, 0) is 49.2 Å². The molecule has 0 spiro atoms. The zero-order valence-electron chi connectivity index (χ0n) is 17.3. The lowest BCUT2D eigenvalue weighted by molar-refractivity contribution is -0.146. The van der Waals surface area contributed by atoms with Crippen molar-refractivity contribution in [2.24, 2.45) is 0 Å². The Morgan fingerprint density at radius 1 is 1.13 bits per heavy atom. The molecule has 0 radical (unpaired) electrons. The summed E-state index contributed by atoms with van der Waals surface area (Å²) in [5.74, 6) is -1.09. The molecule has 31 heavy (non-hydrogen) atoms. The van der Waals surface area contributed by atoms with E-state index in [1.54, 1.807) is 41.3 Å². The summed E-state index contributed by atoms with van der Waals surface area (Å²) < 4.78 is 31.8. The quantitative estimate of drug-likeness (QED) is 0.493. The molecular formula is C22H24N2O6S. The van der Waals surface area contributed by atoms with Crippen LogP contribution in [0.15, 0.2) is 53.4 Å². The van der Waals surface area contributed by atoms with Crippen molar-refractivity contribution in [3.63, 3.8) is 0 Å². The first-order valence-electron chi connectivity index (χ1n) is 9.88. The van der Waals surface area contributed by atoms with Gasteiger partial charge >= 0.3 is 5.97 Å². The molecule has 1 heterocycles. The van der Waals surface area contributed by atoms with E-state index in [0.717, 1.165) is 11.3 Å². The van der Waals surface area contributed by atoms with Crippen LogP contribution < -0.4 is 9.62 Å². The highest BCUT2D eigenvalue weighted by atomic mass is 32.2. The van der Waals surface area contributed by atoms with Crippen LogP contribution in [0.3, 0.4) is 0 Å². The predicted molar refractivity (Wildman–Crippen MR) is 114 cm³/mol. The fourth-order valence-electron chi connectivity index (χ4n) is 3.40. The van der Waals surface area contributed by atoms with Crippen LogP contribution in [-0.2, 0) is 30.8 Å². The molecule has 0 saturated heterocycles. The molecule has 2 aromatic rings. The number of amides is 1. The highest BCUT2D eigenvalue weighted by Crippen LogP contribution is 2.29. The number of ketones is 1. The van der Waals surface area contributed by atoms with Crippen LogP contribution in [0.1, 0.15) is 36.2 Å². The molecule has 8 nitrogen and oxygen atoms in total. The summed E-state index contributed by atoms with van der Waals surface area (Å²) in [6.07, 6.45) is -0.561. The first kappa shape index (κ1) is 22.6. The number of fused-ring (bicyclic) bond motifs is 1. The fourth-order valence-corrected chi connectivity index (χ4v) is 4.45. The van der Waals surface area contributed by atoms with E-state index in [1.807, 2.05) is 0 Å². The number of Topliss-reactive ketones (excluding diaryl/α,β-unsaturated/α-hetero) is 1. The Kier molecular flexibility index (Phi) is 6.87. The number of ether oxygens (including phenoxy) is 1. The summed E-state index contributed by atoms with van der Waals surface area (Å²) in [6, 6.07) is 12.9. The van der Waals surface area contributed by atoms with Crippen LogP contribution >= 0.6 is 0 Å². The molecule has 0 bridgehead atoms. The molecule has 1 aliphatic heterocycles. The van der Waals surface area contributed by atoms with E-state index in [1.165, 1.54) is 26.0 Å². The third kappa shape index (κ3) is 5.36. The molecule has 1 atom stereocenters. The van der Waals surface area contributed by atoms with Crippen LogP contribution in [0, 0.1) is 0 Å². The molecule has 0 fully saturated rings. The highest BCUT2D eigenvalue weighted by molar-refractivity contribution is 7.89. The number of esters is 1. The van der Waals surface area contributed by atoms with Gasteiger partial charge in [0.15, 0.2) is 6.10 Å². The minimum Gasteiger partial charge on any atom is -0.454 e. The second-order valence-electron chi connectivity index (χ2n) is 7.22. The predicted octanol–water partition coefficient (Wildman–Crippen LogP) is 2.08. The lowest BCUT2D eigenvalue weighted by atomic mass is 10.0. The zero-order valence-corrected chi connectivity index (χ0v) is 18.1. The molecule has 0 aromatic heterocycles. The molecule has 2 aromatic carbocycles. The van der Waals surface area contributed by atoms with Crippen LogP contribution in [-0.4, -0.2) is 45.3 Å². The monoisotopic (exact) mass is 444 g/mol. The standard InChI is InChI=1S/C22H24N2O6S/c1-15(22(27)18-8-9-20-17(14-18)11-13-24(20)16(2)25)30-21(26)10-12-23-31(28,29)19-6-4-3-5-7-19/h3-9,14-15,23H,10-13H2,1-2H3. The van der Waals surface area contributed by atoms with Gasteiger partial charge in [0.2, 0.25) is 21.7 Å². The summed E-state index contributed by atoms with van der Waals surface area (Å²) in [7, 11) is -3.71. The number of hydrogen-bond donors (Lipinski definition) is 1. The topological polar surface area (TPSA) is 110 Å². The van der Waals surface area contributed by atoms with Gasteiger partial charge in [0.05, 0.1) is 11.3 Å². The molecule has 1 N–H and O–H groups in total. The summed E-state index contributed by atoms with van der Waals surface area (Å²) >= 11 is 0. The Hall–Kier alpha value is -3.04. The van der Waals surface area contributed by atoms with Crippen molar-refractivity contribution in [1.82, 2.24) is 4.72 Å². The lowest BCUT2D eigenvalue weighted by Gasteiger charge is -2.16. The van der Waals surface area contributed by atoms with Crippen molar-refractivity contribution in [3.05, 3.63) is 59.7 Å². The number of nitrogens with zero attached hydrogens (tertiary/aromatic N) is 1. The van der Waals surface area contributed by atoms with Crippen molar-refractivity contribution in [3.8, 4) is 0 Å². The summed E-state index contributed by atoms with van der Waals surface area (Å²) in [4.78, 5) is 38.1. The van der Waals surface area contributed by atoms with Gasteiger partial charge in [-0.1, -0.05) is 18.2 Å². The molecule has 9 heteroatoms. The number of carbonyl (C=O) groups is 3. The zero-order chi connectivity index (χ0) is 22.6. The average molecular weight is 445 g/mol. The Morgan fingerprint density at radius 2 is 1.84 bits per heavy atom. The minimum atomic E-state index is -3.71. The van der Waals surface area contributed by atoms with E-state index in [2.05, 4.69) is 4.72 Å².